The molecule has 20 heavy (non-hydrogen) atoms. The monoisotopic (exact) mass is 286 g/mol. The van der Waals surface area contributed by atoms with Crippen LogP contribution in [-0.4, -0.2) is 0 Å². The molecule has 0 radical (unpaired) electrons. The highest BCUT2D eigenvalue weighted by atomic mass is 35.5. The van der Waals surface area contributed by atoms with E-state index in [9.17, 15) is 0 Å². The first-order chi connectivity index (χ1) is 9.72. The Hall–Kier alpha value is -1.27. The molecule has 2 rings (SSSR count). The van der Waals surface area contributed by atoms with Crippen molar-refractivity contribution in [1.82, 2.24) is 0 Å². The lowest BCUT2D eigenvalue weighted by atomic mass is 9.90. The highest BCUT2D eigenvalue weighted by molar-refractivity contribution is 6.23. The van der Waals surface area contributed by atoms with Gasteiger partial charge in [-0.3, -0.25) is 0 Å². The van der Waals surface area contributed by atoms with Gasteiger partial charge in [0.2, 0.25) is 0 Å². The fourth-order valence-electron chi connectivity index (χ4n) is 2.87. The number of rotatable bonds is 5. The predicted octanol–water partition coefficient (Wildman–Crippen LogP) is 5.70. The highest BCUT2D eigenvalue weighted by Gasteiger charge is 2.19. The first-order valence-electron chi connectivity index (χ1n) is 7.55. The van der Waals surface area contributed by atoms with Crippen molar-refractivity contribution in [2.75, 3.05) is 0 Å². The van der Waals surface area contributed by atoms with Gasteiger partial charge in [-0.25, -0.2) is 0 Å². The molecule has 2 aromatic rings. The summed E-state index contributed by atoms with van der Waals surface area (Å²) in [4.78, 5) is 0. The zero-order chi connectivity index (χ0) is 14.5. The van der Waals surface area contributed by atoms with Gasteiger partial charge in [0.15, 0.2) is 0 Å². The molecule has 0 aliphatic heterocycles. The average molecular weight is 287 g/mol. The van der Waals surface area contributed by atoms with Crippen LogP contribution in [-0.2, 0) is 19.3 Å². The molecule has 0 N–H and O–H groups in total. The van der Waals surface area contributed by atoms with Crippen molar-refractivity contribution < 1.29 is 0 Å². The predicted molar refractivity (Wildman–Crippen MR) is 88.7 cm³/mol. The minimum Gasteiger partial charge on any atom is -0.113 e. The van der Waals surface area contributed by atoms with Gasteiger partial charge in [0.05, 0.1) is 5.38 Å². The van der Waals surface area contributed by atoms with Crippen molar-refractivity contribution in [3.8, 4) is 0 Å². The molecule has 0 aromatic heterocycles. The smallest absolute Gasteiger partial charge is 0.0843 e. The molecule has 2 aromatic carbocycles. The number of hydrogen-bond acceptors (Lipinski definition) is 0. The van der Waals surface area contributed by atoms with Gasteiger partial charge < -0.3 is 0 Å². The normalized spacial score (nSPS) is 12.4. The van der Waals surface area contributed by atoms with Crippen LogP contribution >= 0.6 is 11.6 Å². The molecule has 0 saturated carbocycles. The largest absolute Gasteiger partial charge is 0.113 e. The Balaban J connectivity index is 2.55. The zero-order valence-corrected chi connectivity index (χ0v) is 13.4. The Labute approximate surface area is 127 Å². The van der Waals surface area contributed by atoms with Gasteiger partial charge in [-0.1, -0.05) is 63.2 Å². The SMILES string of the molecule is CCc1ccccc1C(Cl)c1c(CC)cccc1CC. The summed E-state index contributed by atoms with van der Waals surface area (Å²) in [6.07, 6.45) is 3.08. The van der Waals surface area contributed by atoms with E-state index in [0.29, 0.717) is 0 Å². The molecule has 0 nitrogen and oxygen atoms in total. The molecule has 0 aliphatic carbocycles. The van der Waals surface area contributed by atoms with E-state index in [0.717, 1.165) is 19.3 Å². The minimum absolute atomic E-state index is 0.0442. The van der Waals surface area contributed by atoms with Crippen molar-refractivity contribution in [2.45, 2.75) is 45.4 Å². The molecule has 1 unspecified atom stereocenters. The molecule has 0 saturated heterocycles. The van der Waals surface area contributed by atoms with Gasteiger partial charge in [-0.05, 0) is 47.1 Å². The molecule has 0 fully saturated rings. The van der Waals surface area contributed by atoms with Crippen molar-refractivity contribution in [3.63, 3.8) is 0 Å². The van der Waals surface area contributed by atoms with Crippen molar-refractivity contribution in [3.05, 3.63) is 70.3 Å². The van der Waals surface area contributed by atoms with Crippen LogP contribution < -0.4 is 0 Å². The number of benzene rings is 2. The lowest BCUT2D eigenvalue weighted by Gasteiger charge is -2.20. The van der Waals surface area contributed by atoms with Gasteiger partial charge in [0, 0.05) is 0 Å². The fraction of sp³-hybridized carbons (Fsp3) is 0.368. The maximum Gasteiger partial charge on any atom is 0.0843 e. The fourth-order valence-corrected chi connectivity index (χ4v) is 3.36. The number of halogens is 1. The van der Waals surface area contributed by atoms with Gasteiger partial charge in [-0.2, -0.15) is 0 Å². The number of alkyl halides is 1. The molecule has 0 aliphatic rings. The van der Waals surface area contributed by atoms with E-state index in [1.165, 1.54) is 27.8 Å². The second kappa shape index (κ2) is 6.95. The molecule has 0 amide bonds. The Morgan fingerprint density at radius 1 is 0.750 bits per heavy atom. The topological polar surface area (TPSA) is 0 Å². The summed E-state index contributed by atoms with van der Waals surface area (Å²) in [7, 11) is 0. The van der Waals surface area contributed by atoms with Crippen LogP contribution in [0.4, 0.5) is 0 Å². The summed E-state index contributed by atoms with van der Waals surface area (Å²) in [5, 5.41) is -0.0442. The van der Waals surface area contributed by atoms with Gasteiger partial charge >= 0.3 is 0 Å². The average Bonchev–Trinajstić information content (AvgIpc) is 2.53. The molecule has 106 valence electrons. The molecule has 0 heterocycles. The molecule has 0 bridgehead atoms. The van der Waals surface area contributed by atoms with Crippen LogP contribution in [0.15, 0.2) is 42.5 Å². The maximum atomic E-state index is 6.88. The van der Waals surface area contributed by atoms with Gasteiger partial charge in [0.1, 0.15) is 0 Å². The molecule has 1 atom stereocenters. The second-order valence-electron chi connectivity index (χ2n) is 5.11. The third-order valence-corrected chi connectivity index (χ3v) is 4.46. The van der Waals surface area contributed by atoms with E-state index in [1.54, 1.807) is 0 Å². The van der Waals surface area contributed by atoms with Crippen LogP contribution in [0.25, 0.3) is 0 Å². The zero-order valence-electron chi connectivity index (χ0n) is 12.6. The summed E-state index contributed by atoms with van der Waals surface area (Å²) >= 11 is 6.88. The second-order valence-corrected chi connectivity index (χ2v) is 5.55. The number of aryl methyl sites for hydroxylation is 3. The van der Waals surface area contributed by atoms with Crippen LogP contribution in [0, 0.1) is 0 Å². The van der Waals surface area contributed by atoms with Gasteiger partial charge in [0.25, 0.3) is 0 Å². The summed E-state index contributed by atoms with van der Waals surface area (Å²) in [5.41, 5.74) is 6.67. The van der Waals surface area contributed by atoms with Crippen molar-refractivity contribution >= 4 is 11.6 Å². The molecule has 1 heteroatoms. The maximum absolute atomic E-state index is 6.88. The lowest BCUT2D eigenvalue weighted by Crippen LogP contribution is -2.05. The third-order valence-electron chi connectivity index (χ3n) is 4.01. The summed E-state index contributed by atoms with van der Waals surface area (Å²) < 4.78 is 0. The van der Waals surface area contributed by atoms with Crippen molar-refractivity contribution in [1.29, 1.82) is 0 Å². The van der Waals surface area contributed by atoms with E-state index in [1.807, 2.05) is 0 Å². The molecular formula is C19H23Cl. The first-order valence-corrected chi connectivity index (χ1v) is 7.99. The molecular weight excluding hydrogens is 264 g/mol. The van der Waals surface area contributed by atoms with Gasteiger partial charge in [-0.15, -0.1) is 11.6 Å². The van der Waals surface area contributed by atoms with Crippen LogP contribution in [0.5, 0.6) is 0 Å². The van der Waals surface area contributed by atoms with E-state index in [2.05, 4.69) is 63.2 Å². The number of hydrogen-bond donors (Lipinski definition) is 0. The first kappa shape index (κ1) is 15.1. The van der Waals surface area contributed by atoms with E-state index < -0.39 is 0 Å². The van der Waals surface area contributed by atoms with E-state index in [4.69, 9.17) is 11.6 Å². The van der Waals surface area contributed by atoms with E-state index in [-0.39, 0.29) is 5.38 Å². The van der Waals surface area contributed by atoms with Crippen molar-refractivity contribution in [2.24, 2.45) is 0 Å². The van der Waals surface area contributed by atoms with Crippen LogP contribution in [0.3, 0.4) is 0 Å². The summed E-state index contributed by atoms with van der Waals surface area (Å²) in [6.45, 7) is 6.59. The highest BCUT2D eigenvalue weighted by Crippen LogP contribution is 2.36. The molecule has 0 spiro atoms. The Morgan fingerprint density at radius 2 is 1.25 bits per heavy atom. The minimum atomic E-state index is -0.0442. The van der Waals surface area contributed by atoms with E-state index >= 15 is 0 Å². The standard InChI is InChI=1S/C19H23Cl/c1-4-14-10-7-8-13-17(14)19(20)18-15(5-2)11-9-12-16(18)6-3/h7-13,19H,4-6H2,1-3H3. The Bertz CT molecular complexity index is 549. The quantitative estimate of drug-likeness (QED) is 0.618. The van der Waals surface area contributed by atoms with Crippen LogP contribution in [0.1, 0.15) is 54.0 Å². The Kier molecular flexibility index (Phi) is 5.25. The van der Waals surface area contributed by atoms with Crippen LogP contribution in [0.2, 0.25) is 0 Å². The Morgan fingerprint density at radius 3 is 1.80 bits per heavy atom. The third kappa shape index (κ3) is 2.91. The lowest BCUT2D eigenvalue weighted by molar-refractivity contribution is 0.962. The summed E-state index contributed by atoms with van der Waals surface area (Å²) in [5.74, 6) is 0. The summed E-state index contributed by atoms with van der Waals surface area (Å²) in [6, 6.07) is 15.1.